The van der Waals surface area contributed by atoms with Crippen molar-refractivity contribution in [3.8, 4) is 17.3 Å². The fraction of sp³-hybridized carbons (Fsp3) is 0.261. The van der Waals surface area contributed by atoms with Crippen molar-refractivity contribution in [3.05, 3.63) is 74.6 Å². The first-order valence-corrected chi connectivity index (χ1v) is 10.8. The number of carbonyl (C=O) groups excluding carboxylic acids is 1. The maximum atomic E-state index is 12.3. The minimum Gasteiger partial charge on any atom is -0.304 e. The van der Waals surface area contributed by atoms with Crippen LogP contribution in [0.1, 0.15) is 37.5 Å². The molecule has 8 nitrogen and oxygen atoms in total. The fourth-order valence-electron chi connectivity index (χ4n) is 3.25. The molecule has 0 spiro atoms. The van der Waals surface area contributed by atoms with Gasteiger partial charge in [0.05, 0.1) is 17.2 Å². The summed E-state index contributed by atoms with van der Waals surface area (Å²) in [4.78, 5) is 27.8. The summed E-state index contributed by atoms with van der Waals surface area (Å²) in [5.41, 5.74) is 2.07. The smallest absolute Gasteiger partial charge is 0.291 e. The number of amides is 1. The topological polar surface area (TPSA) is 121 Å². The summed E-state index contributed by atoms with van der Waals surface area (Å²) < 4.78 is 0. The van der Waals surface area contributed by atoms with E-state index < -0.39 is 10.3 Å². The Morgan fingerprint density at radius 1 is 1.22 bits per heavy atom. The zero-order valence-corrected chi connectivity index (χ0v) is 18.8. The molecule has 0 saturated carbocycles. The first kappa shape index (κ1) is 23.1. The van der Waals surface area contributed by atoms with Crippen molar-refractivity contribution in [3.63, 3.8) is 0 Å². The quantitative estimate of drug-likeness (QED) is 0.401. The summed E-state index contributed by atoms with van der Waals surface area (Å²) in [6.07, 6.45) is 0. The van der Waals surface area contributed by atoms with Gasteiger partial charge in [0.15, 0.2) is 5.13 Å². The zero-order chi connectivity index (χ0) is 23.3. The van der Waals surface area contributed by atoms with Gasteiger partial charge in [0.25, 0.3) is 5.69 Å². The summed E-state index contributed by atoms with van der Waals surface area (Å²) in [6.45, 7) is 5.70. The van der Waals surface area contributed by atoms with Crippen molar-refractivity contribution in [1.29, 1.82) is 5.26 Å². The van der Waals surface area contributed by atoms with Crippen LogP contribution in [0.2, 0.25) is 0 Å². The molecule has 0 saturated heterocycles. The predicted octanol–water partition coefficient (Wildman–Crippen LogP) is 4.62. The van der Waals surface area contributed by atoms with E-state index in [0.29, 0.717) is 16.3 Å². The molecule has 3 rings (SSSR count). The molecule has 2 aromatic carbocycles. The van der Waals surface area contributed by atoms with Crippen molar-refractivity contribution in [2.75, 3.05) is 11.9 Å². The molecule has 0 radical (unpaired) electrons. The number of aromatic nitrogens is 1. The lowest BCUT2D eigenvalue weighted by atomic mass is 9.83. The lowest BCUT2D eigenvalue weighted by Gasteiger charge is -2.20. The highest BCUT2D eigenvalue weighted by Gasteiger charge is 2.29. The lowest BCUT2D eigenvalue weighted by molar-refractivity contribution is -0.386. The molecule has 0 bridgehead atoms. The highest BCUT2D eigenvalue weighted by Crippen LogP contribution is 2.35. The van der Waals surface area contributed by atoms with Gasteiger partial charge in [-0.1, -0.05) is 63.2 Å². The van der Waals surface area contributed by atoms with Crippen molar-refractivity contribution < 1.29 is 9.72 Å². The molecule has 0 aliphatic rings. The Labute approximate surface area is 190 Å². The summed E-state index contributed by atoms with van der Waals surface area (Å²) in [5.74, 6) is -0.293. The molecule has 0 unspecified atom stereocenters. The van der Waals surface area contributed by atoms with E-state index in [2.05, 4.69) is 15.6 Å². The maximum absolute atomic E-state index is 12.3. The SMILES string of the molecule is CC(C)(C)c1ccc(CNCC(=O)Nc2nc(-c3ccccc3)cs2)c(C#N)c1[N+](=O)[O-]. The molecule has 32 heavy (non-hydrogen) atoms. The normalized spacial score (nSPS) is 11.1. The third-order valence-corrected chi connectivity index (χ3v) is 5.55. The number of hydrogen-bond acceptors (Lipinski definition) is 7. The van der Waals surface area contributed by atoms with Crippen molar-refractivity contribution in [2.45, 2.75) is 32.7 Å². The Kier molecular flexibility index (Phi) is 6.98. The number of rotatable bonds is 7. The Balaban J connectivity index is 1.65. The number of benzene rings is 2. The summed E-state index contributed by atoms with van der Waals surface area (Å²) in [5, 5.41) is 29.3. The number of nitro benzene ring substituents is 1. The van der Waals surface area contributed by atoms with E-state index in [1.54, 1.807) is 12.1 Å². The molecule has 0 fully saturated rings. The van der Waals surface area contributed by atoms with E-state index in [0.717, 1.165) is 11.3 Å². The van der Waals surface area contributed by atoms with Crippen LogP contribution in [0, 0.1) is 21.4 Å². The first-order valence-electron chi connectivity index (χ1n) is 9.93. The monoisotopic (exact) mass is 449 g/mol. The van der Waals surface area contributed by atoms with Gasteiger partial charge in [-0.05, 0) is 11.0 Å². The van der Waals surface area contributed by atoms with Crippen LogP contribution in [0.25, 0.3) is 11.3 Å². The molecule has 0 atom stereocenters. The molecule has 1 heterocycles. The van der Waals surface area contributed by atoms with Crippen molar-refractivity contribution >= 4 is 28.1 Å². The molecule has 164 valence electrons. The lowest BCUT2D eigenvalue weighted by Crippen LogP contribution is -2.28. The van der Waals surface area contributed by atoms with E-state index in [1.807, 2.05) is 62.6 Å². The van der Waals surface area contributed by atoms with Gasteiger partial charge < -0.3 is 10.6 Å². The second-order valence-electron chi connectivity index (χ2n) is 8.17. The molecule has 1 amide bonds. The van der Waals surface area contributed by atoms with Gasteiger partial charge in [0.2, 0.25) is 5.91 Å². The Morgan fingerprint density at radius 3 is 2.56 bits per heavy atom. The number of nitrogens with one attached hydrogen (secondary N) is 2. The highest BCUT2D eigenvalue weighted by molar-refractivity contribution is 7.14. The van der Waals surface area contributed by atoms with E-state index in [1.165, 1.54) is 11.3 Å². The van der Waals surface area contributed by atoms with E-state index in [-0.39, 0.29) is 30.2 Å². The number of hydrogen-bond donors (Lipinski definition) is 2. The summed E-state index contributed by atoms with van der Waals surface area (Å²) >= 11 is 1.33. The summed E-state index contributed by atoms with van der Waals surface area (Å²) in [7, 11) is 0. The molecular weight excluding hydrogens is 426 g/mol. The molecular formula is C23H23N5O3S. The number of nitriles is 1. The fourth-order valence-corrected chi connectivity index (χ4v) is 3.98. The highest BCUT2D eigenvalue weighted by atomic mass is 32.1. The molecule has 1 aromatic heterocycles. The average Bonchev–Trinajstić information content (AvgIpc) is 3.21. The Hall–Kier alpha value is -3.61. The van der Waals surface area contributed by atoms with Gasteiger partial charge in [-0.15, -0.1) is 11.3 Å². The van der Waals surface area contributed by atoms with Crippen molar-refractivity contribution in [1.82, 2.24) is 10.3 Å². The number of carbonyl (C=O) groups is 1. The van der Waals surface area contributed by atoms with Gasteiger partial charge in [0, 0.05) is 23.1 Å². The number of nitrogens with zero attached hydrogens (tertiary/aromatic N) is 3. The zero-order valence-electron chi connectivity index (χ0n) is 18.0. The second kappa shape index (κ2) is 9.68. The van der Waals surface area contributed by atoms with E-state index in [4.69, 9.17) is 0 Å². The van der Waals surface area contributed by atoms with E-state index >= 15 is 0 Å². The van der Waals surface area contributed by atoms with Gasteiger partial charge in [-0.2, -0.15) is 5.26 Å². The molecule has 0 aliphatic carbocycles. The van der Waals surface area contributed by atoms with Crippen LogP contribution < -0.4 is 10.6 Å². The standard InChI is InChI=1S/C23H23N5O3S/c1-23(2,3)18-10-9-16(17(11-24)21(18)28(30)31)12-25-13-20(29)27-22-26-19(14-32-22)15-7-5-4-6-8-15/h4-10,14,25H,12-13H2,1-3H3,(H,26,27,29). The van der Waals surface area contributed by atoms with Crippen LogP contribution >= 0.6 is 11.3 Å². The second-order valence-corrected chi connectivity index (χ2v) is 9.03. The third-order valence-electron chi connectivity index (χ3n) is 4.79. The number of thiazole rings is 1. The Morgan fingerprint density at radius 2 is 1.94 bits per heavy atom. The molecule has 2 N–H and O–H groups in total. The van der Waals surface area contributed by atoms with Crippen LogP contribution in [0.15, 0.2) is 47.8 Å². The number of nitro groups is 1. The van der Waals surface area contributed by atoms with Gasteiger partial charge >= 0.3 is 0 Å². The minimum absolute atomic E-state index is 0.0164. The molecule has 3 aromatic rings. The van der Waals surface area contributed by atoms with Gasteiger partial charge in [-0.25, -0.2) is 4.98 Å². The molecule has 9 heteroatoms. The summed E-state index contributed by atoms with van der Waals surface area (Å²) in [6, 6.07) is 15.0. The minimum atomic E-state index is -0.512. The third kappa shape index (κ3) is 5.35. The molecule has 0 aliphatic heterocycles. The van der Waals surface area contributed by atoms with Crippen LogP contribution in [-0.4, -0.2) is 22.4 Å². The largest absolute Gasteiger partial charge is 0.304 e. The van der Waals surface area contributed by atoms with E-state index in [9.17, 15) is 20.2 Å². The number of anilines is 1. The van der Waals surface area contributed by atoms with Crippen LogP contribution in [0.5, 0.6) is 0 Å². The van der Waals surface area contributed by atoms with Crippen molar-refractivity contribution in [2.24, 2.45) is 0 Å². The predicted molar refractivity (Wildman–Crippen MR) is 124 cm³/mol. The van der Waals surface area contributed by atoms with Crippen LogP contribution in [0.3, 0.4) is 0 Å². The first-order chi connectivity index (χ1) is 15.2. The van der Waals surface area contributed by atoms with Gasteiger partial charge in [-0.3, -0.25) is 14.9 Å². The maximum Gasteiger partial charge on any atom is 0.291 e. The van der Waals surface area contributed by atoms with Crippen LogP contribution in [-0.2, 0) is 16.8 Å². The average molecular weight is 450 g/mol. The van der Waals surface area contributed by atoms with Crippen LogP contribution in [0.4, 0.5) is 10.8 Å². The van der Waals surface area contributed by atoms with Gasteiger partial charge in [0.1, 0.15) is 11.6 Å². The Bertz CT molecular complexity index is 1180.